The van der Waals surface area contributed by atoms with Gasteiger partial charge in [-0.2, -0.15) is 0 Å². The number of carbonyl (C=O) groups is 1. The molecule has 0 fully saturated rings. The van der Waals surface area contributed by atoms with Crippen LogP contribution >= 0.6 is 0 Å². The second-order valence-electron chi connectivity index (χ2n) is 4.55. The maximum absolute atomic E-state index is 11.7. The van der Waals surface area contributed by atoms with Gasteiger partial charge in [-0.15, -0.1) is 0 Å². The molecule has 1 atom stereocenters. The molecule has 0 aromatic heterocycles. The number of hydrogen-bond acceptors (Lipinski definition) is 4. The number of carbonyl (C=O) groups excluding carboxylic acids is 1. The summed E-state index contributed by atoms with van der Waals surface area (Å²) < 4.78 is 10.1. The summed E-state index contributed by atoms with van der Waals surface area (Å²) >= 11 is 0. The van der Waals surface area contributed by atoms with Crippen molar-refractivity contribution in [3.8, 4) is 0 Å². The second kappa shape index (κ2) is 7.63. The molecule has 0 rings (SSSR count). The molecule has 96 valence electrons. The maximum Gasteiger partial charge on any atom is 0.323 e. The fourth-order valence-electron chi connectivity index (χ4n) is 1.65. The van der Waals surface area contributed by atoms with Crippen LogP contribution in [0.15, 0.2) is 0 Å². The molecule has 0 aromatic rings. The maximum atomic E-state index is 11.7. The van der Waals surface area contributed by atoms with Crippen LogP contribution in [0.4, 0.5) is 0 Å². The minimum absolute atomic E-state index is 0.173. The SMILES string of the molecule is CCCC(NC(C)(C)COC)C(=O)OCC. The topological polar surface area (TPSA) is 47.6 Å². The minimum atomic E-state index is -0.241. The Hall–Kier alpha value is -0.610. The predicted molar refractivity (Wildman–Crippen MR) is 64.4 cm³/mol. The molecule has 0 spiro atoms. The summed E-state index contributed by atoms with van der Waals surface area (Å²) in [5.41, 5.74) is -0.221. The summed E-state index contributed by atoms with van der Waals surface area (Å²) in [4.78, 5) is 11.7. The van der Waals surface area contributed by atoms with E-state index in [0.717, 1.165) is 12.8 Å². The van der Waals surface area contributed by atoms with Gasteiger partial charge in [-0.05, 0) is 27.2 Å². The summed E-state index contributed by atoms with van der Waals surface area (Å²) in [6, 6.07) is -0.241. The van der Waals surface area contributed by atoms with E-state index < -0.39 is 0 Å². The summed E-state index contributed by atoms with van der Waals surface area (Å²) in [6.45, 7) is 8.88. The van der Waals surface area contributed by atoms with E-state index in [0.29, 0.717) is 13.2 Å². The number of esters is 1. The average molecular weight is 231 g/mol. The molecule has 0 saturated carbocycles. The molecule has 0 aromatic carbocycles. The highest BCUT2D eigenvalue weighted by atomic mass is 16.5. The normalized spacial score (nSPS) is 13.6. The Morgan fingerprint density at radius 1 is 1.38 bits per heavy atom. The van der Waals surface area contributed by atoms with Gasteiger partial charge in [0.1, 0.15) is 6.04 Å². The van der Waals surface area contributed by atoms with Gasteiger partial charge in [0.05, 0.1) is 13.2 Å². The number of hydrogen-bond donors (Lipinski definition) is 1. The van der Waals surface area contributed by atoms with Gasteiger partial charge in [0.15, 0.2) is 0 Å². The molecule has 4 nitrogen and oxygen atoms in total. The minimum Gasteiger partial charge on any atom is -0.465 e. The molecule has 0 aliphatic heterocycles. The first-order valence-electron chi connectivity index (χ1n) is 5.90. The Kier molecular flexibility index (Phi) is 7.34. The lowest BCUT2D eigenvalue weighted by Gasteiger charge is -2.30. The van der Waals surface area contributed by atoms with Crippen molar-refractivity contribution in [1.82, 2.24) is 5.32 Å². The third kappa shape index (κ3) is 6.08. The molecule has 0 saturated heterocycles. The summed E-state index contributed by atoms with van der Waals surface area (Å²) in [6.07, 6.45) is 1.73. The standard InChI is InChI=1S/C12H25NO3/c1-6-8-10(11(14)16-7-2)13-12(3,4)9-15-5/h10,13H,6-9H2,1-5H3. The highest BCUT2D eigenvalue weighted by molar-refractivity contribution is 5.75. The van der Waals surface area contributed by atoms with Crippen molar-refractivity contribution in [2.45, 2.75) is 52.1 Å². The van der Waals surface area contributed by atoms with E-state index in [1.165, 1.54) is 0 Å². The van der Waals surface area contributed by atoms with E-state index in [9.17, 15) is 4.79 Å². The van der Waals surface area contributed by atoms with Gasteiger partial charge in [-0.25, -0.2) is 0 Å². The first kappa shape index (κ1) is 15.4. The number of methoxy groups -OCH3 is 1. The molecule has 0 heterocycles. The first-order valence-corrected chi connectivity index (χ1v) is 5.90. The zero-order chi connectivity index (χ0) is 12.6. The van der Waals surface area contributed by atoms with Gasteiger partial charge in [0, 0.05) is 12.6 Å². The smallest absolute Gasteiger partial charge is 0.323 e. The summed E-state index contributed by atoms with van der Waals surface area (Å²) in [5, 5.41) is 3.28. The van der Waals surface area contributed by atoms with Crippen LogP contribution in [0.5, 0.6) is 0 Å². The third-order valence-electron chi connectivity index (χ3n) is 2.22. The lowest BCUT2D eigenvalue weighted by molar-refractivity contribution is -0.146. The van der Waals surface area contributed by atoms with Crippen molar-refractivity contribution >= 4 is 5.97 Å². The lowest BCUT2D eigenvalue weighted by atomic mass is 10.0. The highest BCUT2D eigenvalue weighted by Crippen LogP contribution is 2.08. The van der Waals surface area contributed by atoms with Crippen LogP contribution in [-0.2, 0) is 14.3 Å². The fraction of sp³-hybridized carbons (Fsp3) is 0.917. The van der Waals surface area contributed by atoms with Gasteiger partial charge in [-0.3, -0.25) is 10.1 Å². The van der Waals surface area contributed by atoms with E-state index in [-0.39, 0.29) is 17.6 Å². The Labute approximate surface area is 98.7 Å². The zero-order valence-electron chi connectivity index (χ0n) is 11.1. The predicted octanol–water partition coefficient (Wildman–Crippen LogP) is 1.73. The largest absolute Gasteiger partial charge is 0.465 e. The van der Waals surface area contributed by atoms with Crippen molar-refractivity contribution in [2.24, 2.45) is 0 Å². The van der Waals surface area contributed by atoms with Crippen molar-refractivity contribution in [3.63, 3.8) is 0 Å². The highest BCUT2D eigenvalue weighted by Gasteiger charge is 2.26. The average Bonchev–Trinajstić information content (AvgIpc) is 2.17. The molecule has 0 aliphatic carbocycles. The molecule has 0 aliphatic rings. The van der Waals surface area contributed by atoms with Crippen LogP contribution in [0.3, 0.4) is 0 Å². The molecule has 16 heavy (non-hydrogen) atoms. The Morgan fingerprint density at radius 3 is 2.44 bits per heavy atom. The first-order chi connectivity index (χ1) is 7.46. The molecule has 0 bridgehead atoms. The van der Waals surface area contributed by atoms with E-state index in [2.05, 4.69) is 12.2 Å². The van der Waals surface area contributed by atoms with Crippen molar-refractivity contribution < 1.29 is 14.3 Å². The quantitative estimate of drug-likeness (QED) is 0.646. The Morgan fingerprint density at radius 2 is 2.00 bits per heavy atom. The molecular formula is C12H25NO3. The summed E-state index contributed by atoms with van der Waals surface area (Å²) in [5.74, 6) is -0.173. The van der Waals surface area contributed by atoms with Gasteiger partial charge < -0.3 is 9.47 Å². The molecule has 4 heteroatoms. The Balaban J connectivity index is 4.36. The summed E-state index contributed by atoms with van der Waals surface area (Å²) in [7, 11) is 1.66. The fourth-order valence-corrected chi connectivity index (χ4v) is 1.65. The van der Waals surface area contributed by atoms with Crippen molar-refractivity contribution in [3.05, 3.63) is 0 Å². The van der Waals surface area contributed by atoms with Gasteiger partial charge in [0.25, 0.3) is 0 Å². The van der Waals surface area contributed by atoms with Crippen LogP contribution in [0.25, 0.3) is 0 Å². The molecule has 0 radical (unpaired) electrons. The second-order valence-corrected chi connectivity index (χ2v) is 4.55. The van der Waals surface area contributed by atoms with Crippen molar-refractivity contribution in [1.29, 1.82) is 0 Å². The number of ether oxygens (including phenoxy) is 2. The molecular weight excluding hydrogens is 206 g/mol. The lowest BCUT2D eigenvalue weighted by Crippen LogP contribution is -2.52. The van der Waals surface area contributed by atoms with Crippen LogP contribution < -0.4 is 5.32 Å². The monoisotopic (exact) mass is 231 g/mol. The molecule has 1 N–H and O–H groups in total. The van der Waals surface area contributed by atoms with Gasteiger partial charge in [0.2, 0.25) is 0 Å². The zero-order valence-corrected chi connectivity index (χ0v) is 11.1. The third-order valence-corrected chi connectivity index (χ3v) is 2.22. The number of rotatable bonds is 8. The van der Waals surface area contributed by atoms with E-state index in [1.807, 2.05) is 20.8 Å². The van der Waals surface area contributed by atoms with Crippen LogP contribution in [0, 0.1) is 0 Å². The van der Waals surface area contributed by atoms with Gasteiger partial charge >= 0.3 is 5.97 Å². The molecule has 1 unspecified atom stereocenters. The van der Waals surface area contributed by atoms with Crippen molar-refractivity contribution in [2.75, 3.05) is 20.3 Å². The van der Waals surface area contributed by atoms with Crippen LogP contribution in [-0.4, -0.2) is 37.9 Å². The van der Waals surface area contributed by atoms with E-state index >= 15 is 0 Å². The Bertz CT molecular complexity index is 204. The van der Waals surface area contributed by atoms with Crippen LogP contribution in [0.1, 0.15) is 40.5 Å². The number of nitrogens with one attached hydrogen (secondary N) is 1. The molecule has 0 amide bonds. The van der Waals surface area contributed by atoms with E-state index in [4.69, 9.17) is 9.47 Å². The van der Waals surface area contributed by atoms with E-state index in [1.54, 1.807) is 7.11 Å². The van der Waals surface area contributed by atoms with Gasteiger partial charge in [-0.1, -0.05) is 13.3 Å². The van der Waals surface area contributed by atoms with Crippen LogP contribution in [0.2, 0.25) is 0 Å².